The molecule has 5 rings (SSSR count). The van der Waals surface area contributed by atoms with E-state index in [2.05, 4.69) is 19.5 Å². The molecule has 2 aliphatic rings. The third kappa shape index (κ3) is 3.90. The van der Waals surface area contributed by atoms with Crippen LogP contribution in [0.25, 0.3) is 11.4 Å². The van der Waals surface area contributed by atoms with Gasteiger partial charge in [-0.2, -0.15) is 0 Å². The summed E-state index contributed by atoms with van der Waals surface area (Å²) in [6.07, 6.45) is 4.79. The molecule has 0 spiro atoms. The molecule has 1 atom stereocenters. The van der Waals surface area contributed by atoms with Crippen molar-refractivity contribution < 1.29 is 13.2 Å². The largest absolute Gasteiger partial charge is 0.311 e. The third-order valence-electron chi connectivity index (χ3n) is 6.44. The molecule has 1 amide bonds. The van der Waals surface area contributed by atoms with Crippen LogP contribution < -0.4 is 9.62 Å². The first-order chi connectivity index (χ1) is 15.8. The van der Waals surface area contributed by atoms with Gasteiger partial charge in [-0.3, -0.25) is 9.52 Å². The lowest BCUT2D eigenvalue weighted by molar-refractivity contribution is -0.116. The number of amides is 1. The van der Waals surface area contributed by atoms with Crippen LogP contribution in [-0.2, 0) is 34.2 Å². The number of para-hydroxylation sites is 1. The number of carbonyl (C=O) groups is 1. The number of hydrogen-bond acceptors (Lipinski definition) is 5. The zero-order valence-electron chi connectivity index (χ0n) is 18.8. The van der Waals surface area contributed by atoms with E-state index in [0.717, 1.165) is 49.3 Å². The topological polar surface area (TPSA) is 97.2 Å². The van der Waals surface area contributed by atoms with Crippen molar-refractivity contribution in [3.8, 4) is 11.4 Å². The van der Waals surface area contributed by atoms with Crippen LogP contribution >= 0.6 is 0 Å². The van der Waals surface area contributed by atoms with Crippen LogP contribution in [0, 0.1) is 0 Å². The van der Waals surface area contributed by atoms with E-state index in [9.17, 15) is 13.2 Å². The van der Waals surface area contributed by atoms with Gasteiger partial charge in [-0.15, -0.1) is 10.2 Å². The standard InChI is InChI=1S/C24H27N5O3S/c1-16-14-18-15-19(11-12-22(18)29(16)17(2)30)33(31,32)27-21-9-6-5-8-20(21)24-26-25-23-10-4-3-7-13-28(23)24/h5-6,8-9,11-12,15-16,27H,3-4,7,10,13-14H2,1-2H3. The zero-order chi connectivity index (χ0) is 23.2. The summed E-state index contributed by atoms with van der Waals surface area (Å²) in [5, 5.41) is 8.75. The van der Waals surface area contributed by atoms with E-state index in [1.54, 1.807) is 35.2 Å². The molecule has 2 aromatic carbocycles. The van der Waals surface area contributed by atoms with Crippen LogP contribution in [0.1, 0.15) is 44.5 Å². The average molecular weight is 466 g/mol. The third-order valence-corrected chi connectivity index (χ3v) is 7.80. The second-order valence-corrected chi connectivity index (χ2v) is 10.5. The van der Waals surface area contributed by atoms with Crippen LogP contribution in [0.5, 0.6) is 0 Å². The normalized spacial score (nSPS) is 17.9. The van der Waals surface area contributed by atoms with Crippen LogP contribution in [0.2, 0.25) is 0 Å². The summed E-state index contributed by atoms with van der Waals surface area (Å²) >= 11 is 0. The van der Waals surface area contributed by atoms with Gasteiger partial charge in [0.15, 0.2) is 5.82 Å². The van der Waals surface area contributed by atoms with Crippen molar-refractivity contribution in [2.75, 3.05) is 9.62 Å². The fraction of sp³-hybridized carbons (Fsp3) is 0.375. The Kier molecular flexibility index (Phi) is 5.44. The van der Waals surface area contributed by atoms with E-state index in [1.807, 2.05) is 19.1 Å². The summed E-state index contributed by atoms with van der Waals surface area (Å²) in [5.41, 5.74) is 2.81. The molecule has 0 saturated heterocycles. The summed E-state index contributed by atoms with van der Waals surface area (Å²) in [6, 6.07) is 12.2. The van der Waals surface area contributed by atoms with Gasteiger partial charge < -0.3 is 9.47 Å². The van der Waals surface area contributed by atoms with E-state index in [0.29, 0.717) is 23.5 Å². The summed E-state index contributed by atoms with van der Waals surface area (Å²) in [4.78, 5) is 13.9. The number of hydrogen-bond donors (Lipinski definition) is 1. The predicted octanol–water partition coefficient (Wildman–Crippen LogP) is 3.77. The Labute approximate surface area is 193 Å². The Balaban J connectivity index is 1.49. The maximum atomic E-state index is 13.3. The van der Waals surface area contributed by atoms with Gasteiger partial charge in [-0.1, -0.05) is 18.6 Å². The van der Waals surface area contributed by atoms with Gasteiger partial charge in [0, 0.05) is 37.2 Å². The Morgan fingerprint density at radius 3 is 2.73 bits per heavy atom. The molecule has 33 heavy (non-hydrogen) atoms. The molecule has 0 fully saturated rings. The molecular weight excluding hydrogens is 438 g/mol. The van der Waals surface area contributed by atoms with Crippen LogP contribution in [0.3, 0.4) is 0 Å². The molecule has 172 valence electrons. The number of nitrogens with zero attached hydrogens (tertiary/aromatic N) is 4. The minimum Gasteiger partial charge on any atom is -0.311 e. The second kappa shape index (κ2) is 8.30. The minimum absolute atomic E-state index is 0.00679. The quantitative estimate of drug-likeness (QED) is 0.633. The number of rotatable bonds is 4. The van der Waals surface area contributed by atoms with Gasteiger partial charge in [0.05, 0.1) is 10.6 Å². The Hall–Kier alpha value is -3.20. The summed E-state index contributed by atoms with van der Waals surface area (Å²) < 4.78 is 31.5. The van der Waals surface area contributed by atoms with Crippen molar-refractivity contribution in [3.63, 3.8) is 0 Å². The Bertz CT molecular complexity index is 1330. The lowest BCUT2D eigenvalue weighted by Crippen LogP contribution is -2.33. The van der Waals surface area contributed by atoms with Crippen molar-refractivity contribution >= 4 is 27.3 Å². The van der Waals surface area contributed by atoms with E-state index in [-0.39, 0.29) is 16.8 Å². The average Bonchev–Trinajstić information content (AvgIpc) is 3.24. The number of carbonyl (C=O) groups excluding carboxylic acids is 1. The minimum atomic E-state index is -3.84. The molecule has 0 radical (unpaired) electrons. The molecule has 0 bridgehead atoms. The maximum absolute atomic E-state index is 13.3. The van der Waals surface area contributed by atoms with Crippen molar-refractivity contribution in [3.05, 3.63) is 53.9 Å². The van der Waals surface area contributed by atoms with Gasteiger partial charge in [-0.25, -0.2) is 8.42 Å². The van der Waals surface area contributed by atoms with Gasteiger partial charge in [0.2, 0.25) is 5.91 Å². The Morgan fingerprint density at radius 1 is 1.09 bits per heavy atom. The predicted molar refractivity (Wildman–Crippen MR) is 127 cm³/mol. The van der Waals surface area contributed by atoms with Crippen molar-refractivity contribution in [2.24, 2.45) is 0 Å². The maximum Gasteiger partial charge on any atom is 0.261 e. The lowest BCUT2D eigenvalue weighted by Gasteiger charge is -2.20. The van der Waals surface area contributed by atoms with Crippen LogP contribution in [0.15, 0.2) is 47.4 Å². The summed E-state index contributed by atoms with van der Waals surface area (Å²) in [6.45, 7) is 4.32. The SMILES string of the molecule is CC(=O)N1c2ccc(S(=O)(=O)Nc3ccccc3-c3nnc4n3CCCCC4)cc2CC1C. The van der Waals surface area contributed by atoms with E-state index in [4.69, 9.17) is 0 Å². The molecule has 0 aliphatic carbocycles. The van der Waals surface area contributed by atoms with Crippen molar-refractivity contribution in [1.29, 1.82) is 0 Å². The van der Waals surface area contributed by atoms with Gasteiger partial charge in [0.1, 0.15) is 5.82 Å². The first-order valence-electron chi connectivity index (χ1n) is 11.3. The summed E-state index contributed by atoms with van der Waals surface area (Å²) in [5.74, 6) is 1.59. The molecule has 3 heterocycles. The first kappa shape index (κ1) is 21.6. The molecular formula is C24H27N5O3S. The number of anilines is 2. The molecule has 3 aromatic rings. The molecule has 0 saturated carbocycles. The highest BCUT2D eigenvalue weighted by molar-refractivity contribution is 7.92. The number of benzene rings is 2. The van der Waals surface area contributed by atoms with Gasteiger partial charge in [-0.05, 0) is 62.1 Å². The Morgan fingerprint density at radius 2 is 1.91 bits per heavy atom. The van der Waals surface area contributed by atoms with Gasteiger partial charge >= 0.3 is 0 Å². The van der Waals surface area contributed by atoms with Gasteiger partial charge in [0.25, 0.3) is 10.0 Å². The molecule has 9 heteroatoms. The zero-order valence-corrected chi connectivity index (χ0v) is 19.6. The number of aryl methyl sites for hydroxylation is 1. The highest BCUT2D eigenvalue weighted by atomic mass is 32.2. The number of sulfonamides is 1. The molecule has 1 N–H and O–H groups in total. The van der Waals surface area contributed by atoms with Crippen LogP contribution in [0.4, 0.5) is 11.4 Å². The molecule has 8 nitrogen and oxygen atoms in total. The fourth-order valence-electron chi connectivity index (χ4n) is 4.91. The first-order valence-corrected chi connectivity index (χ1v) is 12.8. The van der Waals surface area contributed by atoms with E-state index in [1.165, 1.54) is 6.92 Å². The van der Waals surface area contributed by atoms with E-state index < -0.39 is 10.0 Å². The number of nitrogens with one attached hydrogen (secondary N) is 1. The van der Waals surface area contributed by atoms with Crippen molar-refractivity contribution in [2.45, 2.75) is 63.4 Å². The second-order valence-electron chi connectivity index (χ2n) is 8.79. The van der Waals surface area contributed by atoms with Crippen LogP contribution in [-0.4, -0.2) is 35.1 Å². The monoisotopic (exact) mass is 465 g/mol. The number of aromatic nitrogens is 3. The van der Waals surface area contributed by atoms with E-state index >= 15 is 0 Å². The highest BCUT2D eigenvalue weighted by Gasteiger charge is 2.30. The lowest BCUT2D eigenvalue weighted by atomic mass is 10.1. The molecule has 1 unspecified atom stereocenters. The number of fused-ring (bicyclic) bond motifs is 2. The fourth-order valence-corrected chi connectivity index (χ4v) is 6.04. The smallest absolute Gasteiger partial charge is 0.261 e. The highest BCUT2D eigenvalue weighted by Crippen LogP contribution is 2.35. The molecule has 1 aromatic heterocycles. The molecule has 2 aliphatic heterocycles. The summed E-state index contributed by atoms with van der Waals surface area (Å²) in [7, 11) is -3.84. The van der Waals surface area contributed by atoms with Crippen molar-refractivity contribution in [1.82, 2.24) is 14.8 Å².